The van der Waals surface area contributed by atoms with Gasteiger partial charge in [0.05, 0.1) is 0 Å². The summed E-state index contributed by atoms with van der Waals surface area (Å²) in [6.45, 7) is 1.72. The lowest BCUT2D eigenvalue weighted by molar-refractivity contribution is -0.119. The fourth-order valence-electron chi connectivity index (χ4n) is 2.39. The molecule has 1 saturated heterocycles. The normalized spacial score (nSPS) is 16.4. The number of aromatic nitrogens is 2. The first-order chi connectivity index (χ1) is 9.08. The summed E-state index contributed by atoms with van der Waals surface area (Å²) in [6, 6.07) is 1.88. The van der Waals surface area contributed by atoms with Crippen LogP contribution in [-0.4, -0.2) is 36.0 Å². The molecule has 2 rings (SSSR count). The highest BCUT2D eigenvalue weighted by atomic mass is 16.1. The van der Waals surface area contributed by atoms with E-state index in [0.29, 0.717) is 18.2 Å². The summed E-state index contributed by atoms with van der Waals surface area (Å²) in [5.41, 5.74) is 10.9. The summed E-state index contributed by atoms with van der Waals surface area (Å²) in [6.07, 6.45) is 2.37. The van der Waals surface area contributed by atoms with Gasteiger partial charge in [0, 0.05) is 32.6 Å². The maximum absolute atomic E-state index is 10.9. The van der Waals surface area contributed by atoms with Gasteiger partial charge in [-0.3, -0.25) is 4.79 Å². The van der Waals surface area contributed by atoms with E-state index in [-0.39, 0.29) is 11.9 Å². The van der Waals surface area contributed by atoms with Crippen LogP contribution in [0.25, 0.3) is 0 Å². The summed E-state index contributed by atoms with van der Waals surface area (Å²) in [4.78, 5) is 21.4. The van der Waals surface area contributed by atoms with Crippen molar-refractivity contribution in [1.29, 1.82) is 0 Å². The van der Waals surface area contributed by atoms with Crippen molar-refractivity contribution >= 4 is 23.5 Å². The molecule has 7 nitrogen and oxygen atoms in total. The molecule has 1 aromatic rings. The van der Waals surface area contributed by atoms with Crippen molar-refractivity contribution in [2.75, 3.05) is 36.1 Å². The molecule has 0 aliphatic carbocycles. The van der Waals surface area contributed by atoms with Gasteiger partial charge in [0.15, 0.2) is 0 Å². The Balaban J connectivity index is 2.01. The van der Waals surface area contributed by atoms with Crippen molar-refractivity contribution in [1.82, 2.24) is 9.97 Å². The fraction of sp³-hybridized carbons (Fsp3) is 0.583. The number of rotatable bonds is 4. The lowest BCUT2D eigenvalue weighted by Crippen LogP contribution is -2.35. The number of carbonyl (C=O) groups excluding carboxylic acids is 1. The Labute approximate surface area is 112 Å². The highest BCUT2D eigenvalue weighted by Crippen LogP contribution is 2.25. The standard InChI is InChI=1S/C12H20N6O/c1-15-10-7-11(17-12(14)16-10)18-4-2-8(3-5-18)6-9(13)19/h7-8H,2-6H2,1H3,(H2,13,19)(H3,14,15,16,17). The van der Waals surface area contributed by atoms with Crippen LogP contribution in [0, 0.1) is 5.92 Å². The molecular formula is C12H20N6O. The molecule has 0 saturated carbocycles. The van der Waals surface area contributed by atoms with Crippen LogP contribution < -0.4 is 21.7 Å². The van der Waals surface area contributed by atoms with Gasteiger partial charge >= 0.3 is 0 Å². The third kappa shape index (κ3) is 3.46. The van der Waals surface area contributed by atoms with Crippen LogP contribution in [0.5, 0.6) is 0 Å². The van der Waals surface area contributed by atoms with Crippen LogP contribution in [0.1, 0.15) is 19.3 Å². The Hall–Kier alpha value is -2.05. The van der Waals surface area contributed by atoms with Gasteiger partial charge in [-0.1, -0.05) is 0 Å². The predicted molar refractivity (Wildman–Crippen MR) is 74.7 cm³/mol. The third-order valence-corrected chi connectivity index (χ3v) is 3.41. The quantitative estimate of drug-likeness (QED) is 0.716. The van der Waals surface area contributed by atoms with Crippen LogP contribution >= 0.6 is 0 Å². The van der Waals surface area contributed by atoms with E-state index in [0.717, 1.165) is 31.7 Å². The van der Waals surface area contributed by atoms with E-state index in [9.17, 15) is 4.79 Å². The zero-order chi connectivity index (χ0) is 13.8. The first kappa shape index (κ1) is 13.4. The topological polar surface area (TPSA) is 110 Å². The molecule has 5 N–H and O–H groups in total. The molecule has 0 bridgehead atoms. The average molecular weight is 264 g/mol. The largest absolute Gasteiger partial charge is 0.373 e. The van der Waals surface area contributed by atoms with Crippen molar-refractivity contribution in [2.24, 2.45) is 11.7 Å². The minimum absolute atomic E-state index is 0.220. The summed E-state index contributed by atoms with van der Waals surface area (Å²) in [7, 11) is 1.80. The second-order valence-corrected chi connectivity index (χ2v) is 4.82. The fourth-order valence-corrected chi connectivity index (χ4v) is 2.39. The Morgan fingerprint density at radius 1 is 1.47 bits per heavy atom. The number of amides is 1. The lowest BCUT2D eigenvalue weighted by Gasteiger charge is -2.32. The summed E-state index contributed by atoms with van der Waals surface area (Å²) >= 11 is 0. The van der Waals surface area contributed by atoms with Crippen molar-refractivity contribution < 1.29 is 4.79 Å². The van der Waals surface area contributed by atoms with Gasteiger partial charge in [0.1, 0.15) is 11.6 Å². The maximum Gasteiger partial charge on any atom is 0.223 e. The molecule has 1 aliphatic rings. The number of nitrogen functional groups attached to an aromatic ring is 1. The number of primary amides is 1. The van der Waals surface area contributed by atoms with E-state index in [1.807, 2.05) is 6.07 Å². The van der Waals surface area contributed by atoms with Gasteiger partial charge in [-0.2, -0.15) is 9.97 Å². The van der Waals surface area contributed by atoms with E-state index in [4.69, 9.17) is 11.5 Å². The van der Waals surface area contributed by atoms with Crippen molar-refractivity contribution in [3.8, 4) is 0 Å². The Bertz CT molecular complexity index is 456. The minimum atomic E-state index is -0.220. The third-order valence-electron chi connectivity index (χ3n) is 3.41. The maximum atomic E-state index is 10.9. The number of nitrogens with zero attached hydrogens (tertiary/aromatic N) is 3. The van der Waals surface area contributed by atoms with Crippen LogP contribution in [0.2, 0.25) is 0 Å². The summed E-state index contributed by atoms with van der Waals surface area (Å²) in [5.74, 6) is 1.97. The van der Waals surface area contributed by atoms with Crippen LogP contribution in [0.3, 0.4) is 0 Å². The van der Waals surface area contributed by atoms with E-state index < -0.39 is 0 Å². The molecule has 0 radical (unpaired) electrons. The summed E-state index contributed by atoms with van der Waals surface area (Å²) < 4.78 is 0. The number of hydrogen-bond acceptors (Lipinski definition) is 6. The van der Waals surface area contributed by atoms with E-state index in [1.54, 1.807) is 7.05 Å². The van der Waals surface area contributed by atoms with Gasteiger partial charge in [0.2, 0.25) is 11.9 Å². The molecule has 1 aromatic heterocycles. The molecule has 0 atom stereocenters. The van der Waals surface area contributed by atoms with Crippen molar-refractivity contribution in [3.63, 3.8) is 0 Å². The first-order valence-corrected chi connectivity index (χ1v) is 6.44. The highest BCUT2D eigenvalue weighted by molar-refractivity contribution is 5.74. The molecule has 1 amide bonds. The molecule has 104 valence electrons. The van der Waals surface area contributed by atoms with Crippen LogP contribution in [-0.2, 0) is 4.79 Å². The van der Waals surface area contributed by atoms with Crippen molar-refractivity contribution in [3.05, 3.63) is 6.07 Å². The SMILES string of the molecule is CNc1cc(N2CCC(CC(N)=O)CC2)nc(N)n1. The van der Waals surface area contributed by atoms with Crippen molar-refractivity contribution in [2.45, 2.75) is 19.3 Å². The average Bonchev–Trinajstić information content (AvgIpc) is 2.38. The molecule has 2 heterocycles. The Morgan fingerprint density at radius 2 is 2.16 bits per heavy atom. The second-order valence-electron chi connectivity index (χ2n) is 4.82. The first-order valence-electron chi connectivity index (χ1n) is 6.44. The monoisotopic (exact) mass is 264 g/mol. The van der Waals surface area contributed by atoms with Gasteiger partial charge in [-0.15, -0.1) is 0 Å². The summed E-state index contributed by atoms with van der Waals surface area (Å²) in [5, 5.41) is 2.96. The van der Waals surface area contributed by atoms with Crippen LogP contribution in [0.4, 0.5) is 17.6 Å². The van der Waals surface area contributed by atoms with Gasteiger partial charge < -0.3 is 21.7 Å². The lowest BCUT2D eigenvalue weighted by atomic mass is 9.93. The van der Waals surface area contributed by atoms with E-state index in [2.05, 4.69) is 20.2 Å². The number of nitrogens with one attached hydrogen (secondary N) is 1. The molecule has 1 fully saturated rings. The number of nitrogens with two attached hydrogens (primary N) is 2. The van der Waals surface area contributed by atoms with Crippen LogP contribution in [0.15, 0.2) is 6.07 Å². The number of hydrogen-bond donors (Lipinski definition) is 3. The van der Waals surface area contributed by atoms with E-state index in [1.165, 1.54) is 0 Å². The molecule has 1 aliphatic heterocycles. The molecule has 0 unspecified atom stereocenters. The highest BCUT2D eigenvalue weighted by Gasteiger charge is 2.22. The zero-order valence-electron chi connectivity index (χ0n) is 11.1. The minimum Gasteiger partial charge on any atom is -0.373 e. The molecule has 7 heteroatoms. The molecule has 0 spiro atoms. The Kier molecular flexibility index (Phi) is 4.03. The number of anilines is 3. The number of piperidine rings is 1. The van der Waals surface area contributed by atoms with Gasteiger partial charge in [-0.25, -0.2) is 0 Å². The van der Waals surface area contributed by atoms with E-state index >= 15 is 0 Å². The number of carbonyl (C=O) groups is 1. The molecule has 0 aromatic carbocycles. The zero-order valence-corrected chi connectivity index (χ0v) is 11.1. The van der Waals surface area contributed by atoms with Gasteiger partial charge in [-0.05, 0) is 18.8 Å². The Morgan fingerprint density at radius 3 is 2.74 bits per heavy atom. The molecular weight excluding hydrogens is 244 g/mol. The smallest absolute Gasteiger partial charge is 0.223 e. The second kappa shape index (κ2) is 5.73. The van der Waals surface area contributed by atoms with Gasteiger partial charge in [0.25, 0.3) is 0 Å². The predicted octanol–water partition coefficient (Wildman–Crippen LogP) is 0.192. The molecule has 19 heavy (non-hydrogen) atoms.